The van der Waals surface area contributed by atoms with Gasteiger partial charge in [0, 0.05) is 12.8 Å². The van der Waals surface area contributed by atoms with Crippen LogP contribution in [0.15, 0.2) is 72.9 Å². The van der Waals surface area contributed by atoms with E-state index in [1.807, 2.05) is 21.1 Å². The van der Waals surface area contributed by atoms with E-state index in [0.29, 0.717) is 23.9 Å². The first-order valence-corrected chi connectivity index (χ1v) is 45.2. The zero-order valence-electron chi connectivity index (χ0n) is 67.2. The van der Waals surface area contributed by atoms with E-state index in [4.69, 9.17) is 18.5 Å². The van der Waals surface area contributed by atoms with Crippen LogP contribution in [0.2, 0.25) is 0 Å². The number of phosphoric acid groups is 1. The summed E-state index contributed by atoms with van der Waals surface area (Å²) in [6.07, 6.45) is 111. The number of esters is 2. The van der Waals surface area contributed by atoms with Gasteiger partial charge in [-0.05, 0) is 89.9 Å². The van der Waals surface area contributed by atoms with Crippen LogP contribution < -0.4 is 0 Å². The number of quaternary nitrogens is 1. The molecule has 0 radical (unpaired) electrons. The minimum absolute atomic E-state index is 0.0338. The first kappa shape index (κ1) is 97.4. The SMILES string of the molecule is CCCCCCC/C=C\C/C=C\C/C=C\CCCCCCCCCCCCCCCCCCCCCCCCCCC(=O)OC(COC(=O)CCCCCCCCCCCCCCCCCCCCCCCC/C=C\C/C=C\C/C=C\CCCCCCC)COP(=O)(O)OCC[N+](C)(C)C. The van der Waals surface area contributed by atoms with Gasteiger partial charge in [0.05, 0.1) is 27.7 Å². The molecule has 0 heterocycles. The van der Waals surface area contributed by atoms with Crippen LogP contribution in [0.25, 0.3) is 0 Å². The van der Waals surface area contributed by atoms with Gasteiger partial charge in [0.1, 0.15) is 19.8 Å². The highest BCUT2D eigenvalue weighted by Gasteiger charge is 2.27. The minimum atomic E-state index is -4.40. The highest BCUT2D eigenvalue weighted by molar-refractivity contribution is 7.47. The van der Waals surface area contributed by atoms with Crippen LogP contribution in [0.3, 0.4) is 0 Å². The molecule has 0 fully saturated rings. The molecular formula is C90H169NO8P+. The predicted molar refractivity (Wildman–Crippen MR) is 436 cm³/mol. The number of unbranched alkanes of at least 4 members (excludes halogenated alkanes) is 56. The summed E-state index contributed by atoms with van der Waals surface area (Å²) in [6, 6.07) is 0. The average Bonchev–Trinajstić information content (AvgIpc) is 1.07. The molecule has 0 rings (SSSR count). The van der Waals surface area contributed by atoms with Crippen LogP contribution in [-0.4, -0.2) is 74.9 Å². The molecule has 0 amide bonds. The lowest BCUT2D eigenvalue weighted by molar-refractivity contribution is -0.870. The molecule has 2 atom stereocenters. The van der Waals surface area contributed by atoms with Crippen LogP contribution in [0.4, 0.5) is 0 Å². The summed E-state index contributed by atoms with van der Waals surface area (Å²) in [6.45, 7) is 4.48. The summed E-state index contributed by atoms with van der Waals surface area (Å²) in [5.41, 5.74) is 0. The number of carbonyl (C=O) groups is 2. The molecule has 0 saturated heterocycles. The third-order valence-electron chi connectivity index (χ3n) is 19.7. The third-order valence-corrected chi connectivity index (χ3v) is 20.7. The lowest BCUT2D eigenvalue weighted by atomic mass is 10.0. The van der Waals surface area contributed by atoms with E-state index < -0.39 is 26.5 Å². The Morgan fingerprint density at radius 3 is 0.800 bits per heavy atom. The van der Waals surface area contributed by atoms with Gasteiger partial charge in [-0.3, -0.25) is 18.6 Å². The first-order chi connectivity index (χ1) is 49.0. The van der Waals surface area contributed by atoms with Gasteiger partial charge in [0.15, 0.2) is 6.10 Å². The maximum absolute atomic E-state index is 12.9. The maximum Gasteiger partial charge on any atom is 0.472 e. The third kappa shape index (κ3) is 84.4. The topological polar surface area (TPSA) is 108 Å². The number of hydrogen-bond donors (Lipinski definition) is 1. The van der Waals surface area contributed by atoms with E-state index in [-0.39, 0.29) is 25.6 Å². The van der Waals surface area contributed by atoms with Crippen molar-refractivity contribution in [1.82, 2.24) is 0 Å². The summed E-state index contributed by atoms with van der Waals surface area (Å²) in [4.78, 5) is 36.0. The molecule has 586 valence electrons. The van der Waals surface area contributed by atoms with Crippen molar-refractivity contribution in [3.63, 3.8) is 0 Å². The summed E-state index contributed by atoms with van der Waals surface area (Å²) < 4.78 is 34.9. The zero-order valence-corrected chi connectivity index (χ0v) is 68.1. The molecule has 0 aliphatic heterocycles. The van der Waals surface area contributed by atoms with Crippen molar-refractivity contribution in [3.05, 3.63) is 72.9 Å². The van der Waals surface area contributed by atoms with Gasteiger partial charge >= 0.3 is 19.8 Å². The molecule has 0 aromatic carbocycles. The van der Waals surface area contributed by atoms with E-state index in [1.54, 1.807) is 0 Å². The largest absolute Gasteiger partial charge is 0.472 e. The molecule has 1 N–H and O–H groups in total. The van der Waals surface area contributed by atoms with Crippen molar-refractivity contribution >= 4 is 19.8 Å². The minimum Gasteiger partial charge on any atom is -0.462 e. The van der Waals surface area contributed by atoms with Crippen LogP contribution in [-0.2, 0) is 32.7 Å². The molecule has 0 spiro atoms. The molecule has 100 heavy (non-hydrogen) atoms. The number of hydrogen-bond acceptors (Lipinski definition) is 7. The molecule has 0 aliphatic rings. The highest BCUT2D eigenvalue weighted by atomic mass is 31.2. The van der Waals surface area contributed by atoms with Gasteiger partial charge in [-0.1, -0.05) is 408 Å². The number of carbonyl (C=O) groups excluding carboxylic acids is 2. The summed E-state index contributed by atoms with van der Waals surface area (Å²) in [7, 11) is 1.50. The highest BCUT2D eigenvalue weighted by Crippen LogP contribution is 2.43. The predicted octanol–water partition coefficient (Wildman–Crippen LogP) is 29.4. The Labute approximate surface area is 622 Å². The number of nitrogens with zero attached hydrogens (tertiary/aromatic N) is 1. The number of ether oxygens (including phenoxy) is 2. The van der Waals surface area contributed by atoms with Crippen LogP contribution >= 0.6 is 7.82 Å². The molecule has 0 aliphatic carbocycles. The van der Waals surface area contributed by atoms with Crippen molar-refractivity contribution < 1.29 is 42.1 Å². The Balaban J connectivity index is 3.88. The van der Waals surface area contributed by atoms with E-state index in [2.05, 4.69) is 86.8 Å². The van der Waals surface area contributed by atoms with Crippen molar-refractivity contribution in [3.8, 4) is 0 Å². The van der Waals surface area contributed by atoms with Gasteiger partial charge in [0.25, 0.3) is 0 Å². The van der Waals surface area contributed by atoms with E-state index in [9.17, 15) is 19.0 Å². The standard InChI is InChI=1S/C90H168NO8P/c1-6-8-10-12-14-16-18-20-22-24-26-28-30-32-34-36-38-40-42-44-45-47-49-51-53-55-57-59-61-63-65-67-69-71-73-75-77-79-81-83-90(93)99-88(87-98-100(94,95)97-85-84-91(3,4)5)86-96-89(92)82-80-78-76-74-72-70-68-66-64-62-60-58-56-54-52-50-48-46-43-41-39-37-35-33-31-29-27-25-23-21-19-17-15-13-11-9-7-2/h18-21,24-27,30-33,88H,6-17,22-23,28-29,34-87H2,1-5H3/p+1/b20-18-,21-19-,26-24-,27-25-,32-30-,33-31-. The quantitative estimate of drug-likeness (QED) is 0.0211. The first-order valence-electron chi connectivity index (χ1n) is 43.7. The monoisotopic (exact) mass is 1420 g/mol. The molecule has 2 unspecified atom stereocenters. The Kier molecular flexibility index (Phi) is 78.5. The van der Waals surface area contributed by atoms with Gasteiger partial charge in [-0.15, -0.1) is 0 Å². The molecular weight excluding hydrogens is 1250 g/mol. The summed E-state index contributed by atoms with van der Waals surface area (Å²) in [5.74, 6) is -0.773. The number of likely N-dealkylation sites (N-methyl/N-ethyl adjacent to an activating group) is 1. The molecule has 0 aromatic heterocycles. The fourth-order valence-corrected chi connectivity index (χ4v) is 13.8. The number of allylic oxidation sites excluding steroid dienone is 12. The van der Waals surface area contributed by atoms with Gasteiger partial charge in [-0.25, -0.2) is 4.57 Å². The van der Waals surface area contributed by atoms with Gasteiger partial charge < -0.3 is 18.9 Å². The number of phosphoric ester groups is 1. The molecule has 0 aromatic rings. The molecule has 10 heteroatoms. The van der Waals surface area contributed by atoms with E-state index >= 15 is 0 Å². The van der Waals surface area contributed by atoms with Gasteiger partial charge in [0.2, 0.25) is 0 Å². The second kappa shape index (κ2) is 80.5. The Bertz CT molecular complexity index is 1920. The Morgan fingerprint density at radius 1 is 0.310 bits per heavy atom. The average molecular weight is 1420 g/mol. The fourth-order valence-electron chi connectivity index (χ4n) is 13.0. The maximum atomic E-state index is 12.9. The Hall–Kier alpha value is -2.55. The van der Waals surface area contributed by atoms with Crippen molar-refractivity contribution in [1.29, 1.82) is 0 Å². The van der Waals surface area contributed by atoms with Crippen molar-refractivity contribution in [2.45, 2.75) is 444 Å². The Morgan fingerprint density at radius 2 is 0.540 bits per heavy atom. The summed E-state index contributed by atoms with van der Waals surface area (Å²) >= 11 is 0. The zero-order chi connectivity index (χ0) is 72.5. The molecule has 0 saturated carbocycles. The molecule has 0 bridgehead atoms. The van der Waals surface area contributed by atoms with Crippen LogP contribution in [0.5, 0.6) is 0 Å². The smallest absolute Gasteiger partial charge is 0.462 e. The van der Waals surface area contributed by atoms with Gasteiger partial charge in [-0.2, -0.15) is 0 Å². The second-order valence-corrected chi connectivity index (χ2v) is 32.4. The van der Waals surface area contributed by atoms with Crippen LogP contribution in [0, 0.1) is 0 Å². The molecule has 9 nitrogen and oxygen atoms in total. The lowest BCUT2D eigenvalue weighted by Crippen LogP contribution is -2.37. The van der Waals surface area contributed by atoms with Crippen molar-refractivity contribution in [2.24, 2.45) is 0 Å². The van der Waals surface area contributed by atoms with Crippen molar-refractivity contribution in [2.75, 3.05) is 47.5 Å². The lowest BCUT2D eigenvalue weighted by Gasteiger charge is -2.24. The van der Waals surface area contributed by atoms with E-state index in [0.717, 1.165) is 57.8 Å². The summed E-state index contributed by atoms with van der Waals surface area (Å²) in [5, 5.41) is 0. The second-order valence-electron chi connectivity index (χ2n) is 30.9. The normalized spacial score (nSPS) is 13.3. The fraction of sp³-hybridized carbons (Fsp3) is 0.844. The van der Waals surface area contributed by atoms with E-state index in [1.165, 1.54) is 347 Å². The van der Waals surface area contributed by atoms with Crippen LogP contribution in [0.1, 0.15) is 438 Å². The number of rotatable bonds is 82.